The van der Waals surface area contributed by atoms with Gasteiger partial charge in [-0.3, -0.25) is 28.9 Å². The van der Waals surface area contributed by atoms with E-state index in [1.54, 1.807) is 13.0 Å². The van der Waals surface area contributed by atoms with Crippen LogP contribution in [0.15, 0.2) is 42.5 Å². The Kier molecular flexibility index (Phi) is 17.5. The standard InChI is InChI=1S/C35H41N3O10/c1-3-6-26-10-12-27(13-11-26)14-15-28-9-8-25(2)29(21-28)34(44)37-17-18-47-19-20-48-24-31(39)36-16-5-4-7-30(35(45)46)38(22-32(40)41)23-33(42)43/h8-13,21,30H,4-5,7,16-20,22-24H2,1-2H3,(H,36,39)(H,37,44)(H,40,41)(H,42,43)(H,45,46). The highest BCUT2D eigenvalue weighted by Crippen LogP contribution is 2.12. The molecule has 13 heteroatoms. The fourth-order valence-electron chi connectivity index (χ4n) is 4.41. The zero-order valence-electron chi connectivity index (χ0n) is 27.0. The highest BCUT2D eigenvalue weighted by Gasteiger charge is 2.28. The molecule has 0 saturated heterocycles. The maximum Gasteiger partial charge on any atom is 0.320 e. The normalized spacial score (nSPS) is 11.0. The van der Waals surface area contributed by atoms with Crippen molar-refractivity contribution in [2.24, 2.45) is 0 Å². The van der Waals surface area contributed by atoms with Crippen LogP contribution in [0.5, 0.6) is 0 Å². The van der Waals surface area contributed by atoms with Gasteiger partial charge in [-0.2, -0.15) is 0 Å². The second kappa shape index (κ2) is 21.6. The molecule has 0 aromatic heterocycles. The Morgan fingerprint density at radius 1 is 0.771 bits per heavy atom. The molecule has 0 saturated carbocycles. The van der Waals surface area contributed by atoms with E-state index in [0.29, 0.717) is 24.0 Å². The van der Waals surface area contributed by atoms with E-state index in [4.69, 9.17) is 19.7 Å². The van der Waals surface area contributed by atoms with Crippen molar-refractivity contribution < 1.29 is 48.8 Å². The van der Waals surface area contributed by atoms with Gasteiger partial charge in [0.1, 0.15) is 12.6 Å². The van der Waals surface area contributed by atoms with E-state index in [9.17, 15) is 29.1 Å². The summed E-state index contributed by atoms with van der Waals surface area (Å²) in [6.07, 6.45) is 0.744. The molecule has 2 aromatic rings. The third kappa shape index (κ3) is 15.4. The molecule has 2 amide bonds. The van der Waals surface area contributed by atoms with Crippen LogP contribution in [0.25, 0.3) is 0 Å². The van der Waals surface area contributed by atoms with E-state index >= 15 is 0 Å². The molecular weight excluding hydrogens is 622 g/mol. The minimum Gasteiger partial charge on any atom is -0.480 e. The lowest BCUT2D eigenvalue weighted by atomic mass is 10.0. The first-order chi connectivity index (χ1) is 23.0. The molecule has 0 fully saturated rings. The first kappa shape index (κ1) is 39.0. The number of carboxylic acids is 3. The molecule has 0 aliphatic heterocycles. The van der Waals surface area contributed by atoms with Crippen molar-refractivity contribution in [2.45, 2.75) is 39.2 Å². The van der Waals surface area contributed by atoms with Crippen molar-refractivity contribution in [2.75, 3.05) is 52.6 Å². The number of hydrogen-bond donors (Lipinski definition) is 5. The number of nitrogens with zero attached hydrogens (tertiary/aromatic N) is 1. The SMILES string of the molecule is CC#Cc1ccc(C#Cc2ccc(C)c(C(=O)NCCOCCOCC(=O)NCCCCC(C(=O)O)N(CC(=O)O)CC(=O)O)c2)cc1. The number of carboxylic acid groups (broad SMARTS) is 3. The Bertz CT molecular complexity index is 1520. The largest absolute Gasteiger partial charge is 0.480 e. The third-order valence-electron chi connectivity index (χ3n) is 6.75. The fourth-order valence-corrected chi connectivity index (χ4v) is 4.41. The number of carbonyl (C=O) groups is 5. The zero-order chi connectivity index (χ0) is 35.3. The Labute approximate surface area is 279 Å². The highest BCUT2D eigenvalue weighted by atomic mass is 16.5. The molecule has 1 atom stereocenters. The quantitative estimate of drug-likeness (QED) is 0.102. The second-order valence-electron chi connectivity index (χ2n) is 10.5. The molecule has 2 rings (SSSR count). The number of hydrogen-bond acceptors (Lipinski definition) is 8. The molecule has 0 spiro atoms. The van der Waals surface area contributed by atoms with Crippen molar-refractivity contribution in [1.82, 2.24) is 15.5 Å². The molecule has 13 nitrogen and oxygen atoms in total. The van der Waals surface area contributed by atoms with E-state index in [1.165, 1.54) is 0 Å². The topological polar surface area (TPSA) is 192 Å². The average Bonchev–Trinajstić information content (AvgIpc) is 3.03. The van der Waals surface area contributed by atoms with E-state index in [1.807, 2.05) is 43.3 Å². The van der Waals surface area contributed by atoms with Gasteiger partial charge in [-0.25, -0.2) is 0 Å². The highest BCUT2D eigenvalue weighted by molar-refractivity contribution is 5.96. The lowest BCUT2D eigenvalue weighted by molar-refractivity contribution is -0.149. The van der Waals surface area contributed by atoms with E-state index in [2.05, 4.69) is 34.3 Å². The summed E-state index contributed by atoms with van der Waals surface area (Å²) in [4.78, 5) is 59.1. The number of rotatable bonds is 20. The molecule has 2 aromatic carbocycles. The van der Waals surface area contributed by atoms with Crippen LogP contribution in [-0.2, 0) is 28.7 Å². The van der Waals surface area contributed by atoms with E-state index in [-0.39, 0.29) is 57.8 Å². The summed E-state index contributed by atoms with van der Waals surface area (Å²) in [5.41, 5.74) is 3.81. The third-order valence-corrected chi connectivity index (χ3v) is 6.75. The van der Waals surface area contributed by atoms with Gasteiger partial charge in [0, 0.05) is 35.3 Å². The predicted molar refractivity (Wildman–Crippen MR) is 175 cm³/mol. The minimum atomic E-state index is -1.33. The number of aryl methyl sites for hydroxylation is 1. The summed E-state index contributed by atoms with van der Waals surface area (Å²) in [6, 6.07) is 11.8. The maximum atomic E-state index is 12.7. The summed E-state index contributed by atoms with van der Waals surface area (Å²) in [7, 11) is 0. The Morgan fingerprint density at radius 3 is 2.00 bits per heavy atom. The van der Waals surface area contributed by atoms with Gasteiger partial charge in [0.25, 0.3) is 5.91 Å². The first-order valence-electron chi connectivity index (χ1n) is 15.3. The number of unbranched alkanes of at least 4 members (excludes halogenated alkanes) is 1. The predicted octanol–water partition coefficient (Wildman–Crippen LogP) is 1.74. The van der Waals surface area contributed by atoms with Gasteiger partial charge in [-0.05, 0) is 75.1 Å². The molecule has 0 heterocycles. The van der Waals surface area contributed by atoms with Crippen LogP contribution in [-0.4, -0.2) is 109 Å². The smallest absolute Gasteiger partial charge is 0.320 e. The molecular formula is C35H41N3O10. The number of benzene rings is 2. The van der Waals surface area contributed by atoms with Gasteiger partial charge in [-0.1, -0.05) is 23.8 Å². The first-order valence-corrected chi connectivity index (χ1v) is 15.3. The zero-order valence-corrected chi connectivity index (χ0v) is 27.0. The molecule has 0 aliphatic rings. The maximum absolute atomic E-state index is 12.7. The monoisotopic (exact) mass is 663 g/mol. The van der Waals surface area contributed by atoms with Gasteiger partial charge >= 0.3 is 17.9 Å². The summed E-state index contributed by atoms with van der Waals surface area (Å²) in [6.45, 7) is 3.10. The average molecular weight is 664 g/mol. The molecule has 48 heavy (non-hydrogen) atoms. The second-order valence-corrected chi connectivity index (χ2v) is 10.5. The minimum absolute atomic E-state index is 0.0201. The molecule has 0 radical (unpaired) electrons. The molecule has 0 bridgehead atoms. The summed E-state index contributed by atoms with van der Waals surface area (Å²) in [5, 5.41) is 32.8. The van der Waals surface area contributed by atoms with Gasteiger partial charge in [0.15, 0.2) is 0 Å². The Balaban J connectivity index is 1.61. The van der Waals surface area contributed by atoms with Gasteiger partial charge in [0.05, 0.1) is 32.9 Å². The molecule has 1 unspecified atom stereocenters. The molecule has 256 valence electrons. The summed E-state index contributed by atoms with van der Waals surface area (Å²) in [5.74, 6) is 7.43. The van der Waals surface area contributed by atoms with Crippen LogP contribution in [0.3, 0.4) is 0 Å². The van der Waals surface area contributed by atoms with E-state index < -0.39 is 37.0 Å². The number of amides is 2. The summed E-state index contributed by atoms with van der Waals surface area (Å²) < 4.78 is 10.7. The van der Waals surface area contributed by atoms with Gasteiger partial charge in [0.2, 0.25) is 5.91 Å². The van der Waals surface area contributed by atoms with Crippen LogP contribution in [0.2, 0.25) is 0 Å². The lowest BCUT2D eigenvalue weighted by Gasteiger charge is -2.25. The van der Waals surface area contributed by atoms with E-state index in [0.717, 1.165) is 21.6 Å². The van der Waals surface area contributed by atoms with Crippen molar-refractivity contribution >= 4 is 29.7 Å². The molecule has 5 N–H and O–H groups in total. The van der Waals surface area contributed by atoms with Crippen molar-refractivity contribution in [1.29, 1.82) is 0 Å². The molecule has 0 aliphatic carbocycles. The number of aliphatic carboxylic acids is 3. The van der Waals surface area contributed by atoms with Crippen molar-refractivity contribution in [3.8, 4) is 23.7 Å². The van der Waals surface area contributed by atoms with Crippen molar-refractivity contribution in [3.63, 3.8) is 0 Å². The van der Waals surface area contributed by atoms with Gasteiger partial charge in [-0.15, -0.1) is 5.92 Å². The lowest BCUT2D eigenvalue weighted by Crippen LogP contribution is -2.46. The van der Waals surface area contributed by atoms with Crippen molar-refractivity contribution in [3.05, 3.63) is 70.3 Å². The van der Waals surface area contributed by atoms with Crippen LogP contribution in [0.1, 0.15) is 58.8 Å². The fraction of sp³-hybridized carbons (Fsp3) is 0.400. The van der Waals surface area contributed by atoms with Crippen LogP contribution in [0.4, 0.5) is 0 Å². The Hall–Kier alpha value is -5.21. The number of ether oxygens (including phenoxy) is 2. The number of nitrogens with one attached hydrogen (secondary N) is 2. The Morgan fingerprint density at radius 2 is 1.38 bits per heavy atom. The van der Waals surface area contributed by atoms with Crippen LogP contribution < -0.4 is 10.6 Å². The summed E-state index contributed by atoms with van der Waals surface area (Å²) >= 11 is 0. The van der Waals surface area contributed by atoms with Gasteiger partial charge < -0.3 is 35.4 Å². The van der Waals surface area contributed by atoms with Crippen LogP contribution >= 0.6 is 0 Å². The number of carbonyl (C=O) groups excluding carboxylic acids is 2. The van der Waals surface area contributed by atoms with Crippen LogP contribution in [0, 0.1) is 30.6 Å².